The first kappa shape index (κ1) is 13.3. The molecule has 3 N–H and O–H groups in total. The topological polar surface area (TPSA) is 52.5 Å². The summed E-state index contributed by atoms with van der Waals surface area (Å²) in [6.45, 7) is 3.93. The molecule has 2 aromatic carbocycles. The van der Waals surface area contributed by atoms with Crippen LogP contribution in [0.4, 0.5) is 5.69 Å². The van der Waals surface area contributed by atoms with E-state index in [-0.39, 0.29) is 6.04 Å². The maximum absolute atomic E-state index is 9.91. The highest BCUT2D eigenvalue weighted by molar-refractivity contribution is 5.52. The van der Waals surface area contributed by atoms with E-state index in [2.05, 4.69) is 12.2 Å². The molecule has 2 aromatic rings. The zero-order valence-corrected chi connectivity index (χ0v) is 11.2. The Balaban J connectivity index is 2.24. The summed E-state index contributed by atoms with van der Waals surface area (Å²) < 4.78 is 0. The standard InChI is InChI=1S/C16H19NO2/c1-3-14(13-6-4-5-7-16(13)19)17-12-8-9-15(18)11(2)10-12/h4-10,14,17-19H,3H2,1-2H3. The molecule has 2 rings (SSSR count). The highest BCUT2D eigenvalue weighted by atomic mass is 16.3. The van der Waals surface area contributed by atoms with E-state index in [1.165, 1.54) is 0 Å². The van der Waals surface area contributed by atoms with E-state index < -0.39 is 0 Å². The summed E-state index contributed by atoms with van der Waals surface area (Å²) in [6, 6.07) is 12.8. The van der Waals surface area contributed by atoms with Gasteiger partial charge in [0.2, 0.25) is 0 Å². The monoisotopic (exact) mass is 257 g/mol. The van der Waals surface area contributed by atoms with Gasteiger partial charge in [0.15, 0.2) is 0 Å². The quantitative estimate of drug-likeness (QED) is 0.726. The number of phenolic OH excluding ortho intramolecular Hbond substituents is 2. The number of phenols is 2. The molecule has 1 unspecified atom stereocenters. The van der Waals surface area contributed by atoms with Crippen LogP contribution in [-0.4, -0.2) is 10.2 Å². The van der Waals surface area contributed by atoms with Gasteiger partial charge < -0.3 is 15.5 Å². The lowest BCUT2D eigenvalue weighted by molar-refractivity contribution is 0.462. The first-order valence-corrected chi connectivity index (χ1v) is 6.46. The SMILES string of the molecule is CCC(Nc1ccc(O)c(C)c1)c1ccccc1O. The predicted molar refractivity (Wildman–Crippen MR) is 77.6 cm³/mol. The number of rotatable bonds is 4. The van der Waals surface area contributed by atoms with E-state index in [1.807, 2.05) is 37.3 Å². The molecule has 0 aliphatic rings. The van der Waals surface area contributed by atoms with Gasteiger partial charge in [-0.05, 0) is 43.2 Å². The highest BCUT2D eigenvalue weighted by Gasteiger charge is 2.13. The second-order valence-corrected chi connectivity index (χ2v) is 4.67. The van der Waals surface area contributed by atoms with Crippen molar-refractivity contribution >= 4 is 5.69 Å². The second kappa shape index (κ2) is 5.65. The molecule has 0 radical (unpaired) electrons. The number of para-hydroxylation sites is 1. The van der Waals surface area contributed by atoms with Crippen LogP contribution in [0.25, 0.3) is 0 Å². The van der Waals surface area contributed by atoms with Crippen LogP contribution < -0.4 is 5.32 Å². The summed E-state index contributed by atoms with van der Waals surface area (Å²) in [4.78, 5) is 0. The third-order valence-corrected chi connectivity index (χ3v) is 3.26. The zero-order valence-electron chi connectivity index (χ0n) is 11.2. The Morgan fingerprint density at radius 3 is 2.42 bits per heavy atom. The summed E-state index contributed by atoms with van der Waals surface area (Å²) >= 11 is 0. The van der Waals surface area contributed by atoms with Gasteiger partial charge in [-0.3, -0.25) is 0 Å². The summed E-state index contributed by atoms with van der Waals surface area (Å²) in [5.74, 6) is 0.596. The van der Waals surface area contributed by atoms with Crippen LogP contribution in [0.3, 0.4) is 0 Å². The second-order valence-electron chi connectivity index (χ2n) is 4.67. The molecule has 0 aliphatic heterocycles. The molecule has 0 saturated heterocycles. The largest absolute Gasteiger partial charge is 0.508 e. The molecular formula is C16H19NO2. The summed E-state index contributed by atoms with van der Waals surface area (Å²) in [6.07, 6.45) is 0.859. The molecule has 0 aromatic heterocycles. The van der Waals surface area contributed by atoms with Crippen molar-refractivity contribution in [2.75, 3.05) is 5.32 Å². The van der Waals surface area contributed by atoms with Gasteiger partial charge in [-0.15, -0.1) is 0 Å². The maximum atomic E-state index is 9.91. The Bertz CT molecular complexity index is 566. The van der Waals surface area contributed by atoms with Crippen LogP contribution in [0.2, 0.25) is 0 Å². The zero-order chi connectivity index (χ0) is 13.8. The number of nitrogens with one attached hydrogen (secondary N) is 1. The first-order valence-electron chi connectivity index (χ1n) is 6.46. The van der Waals surface area contributed by atoms with Crippen molar-refractivity contribution in [3.05, 3.63) is 53.6 Å². The van der Waals surface area contributed by atoms with Crippen molar-refractivity contribution in [1.82, 2.24) is 0 Å². The van der Waals surface area contributed by atoms with Crippen molar-refractivity contribution in [1.29, 1.82) is 0 Å². The molecule has 0 amide bonds. The minimum Gasteiger partial charge on any atom is -0.508 e. The van der Waals surface area contributed by atoms with Gasteiger partial charge in [0.25, 0.3) is 0 Å². The number of hydrogen-bond acceptors (Lipinski definition) is 3. The molecule has 3 nitrogen and oxygen atoms in total. The van der Waals surface area contributed by atoms with Crippen LogP contribution in [0, 0.1) is 6.92 Å². The van der Waals surface area contributed by atoms with Crippen LogP contribution in [-0.2, 0) is 0 Å². The van der Waals surface area contributed by atoms with E-state index in [0.29, 0.717) is 11.5 Å². The van der Waals surface area contributed by atoms with Gasteiger partial charge in [0.05, 0.1) is 6.04 Å². The van der Waals surface area contributed by atoms with E-state index >= 15 is 0 Å². The first-order chi connectivity index (χ1) is 9.11. The predicted octanol–water partition coefficient (Wildman–Crippen LogP) is 3.97. The van der Waals surface area contributed by atoms with Crippen LogP contribution >= 0.6 is 0 Å². The maximum Gasteiger partial charge on any atom is 0.120 e. The molecule has 0 fully saturated rings. The number of benzene rings is 2. The van der Waals surface area contributed by atoms with E-state index in [9.17, 15) is 10.2 Å². The van der Waals surface area contributed by atoms with Gasteiger partial charge >= 0.3 is 0 Å². The molecule has 19 heavy (non-hydrogen) atoms. The lowest BCUT2D eigenvalue weighted by Gasteiger charge is -2.20. The van der Waals surface area contributed by atoms with Crippen molar-refractivity contribution < 1.29 is 10.2 Å². The van der Waals surface area contributed by atoms with E-state index in [0.717, 1.165) is 23.2 Å². The molecule has 0 heterocycles. The van der Waals surface area contributed by atoms with Gasteiger partial charge in [0.1, 0.15) is 11.5 Å². The lowest BCUT2D eigenvalue weighted by Crippen LogP contribution is -2.09. The number of hydrogen-bond donors (Lipinski definition) is 3. The average molecular weight is 257 g/mol. The van der Waals surface area contributed by atoms with Gasteiger partial charge in [-0.1, -0.05) is 25.1 Å². The third-order valence-electron chi connectivity index (χ3n) is 3.26. The van der Waals surface area contributed by atoms with Gasteiger partial charge in [-0.2, -0.15) is 0 Å². The number of aryl methyl sites for hydroxylation is 1. The lowest BCUT2D eigenvalue weighted by atomic mass is 10.0. The molecule has 1 atom stereocenters. The molecule has 0 aliphatic carbocycles. The minimum atomic E-state index is 0.0464. The smallest absolute Gasteiger partial charge is 0.120 e. The molecule has 0 saturated carbocycles. The summed E-state index contributed by atoms with van der Waals surface area (Å²) in [5.41, 5.74) is 2.65. The highest BCUT2D eigenvalue weighted by Crippen LogP contribution is 2.30. The van der Waals surface area contributed by atoms with Gasteiger partial charge in [-0.25, -0.2) is 0 Å². The van der Waals surface area contributed by atoms with E-state index in [4.69, 9.17) is 0 Å². The minimum absolute atomic E-state index is 0.0464. The van der Waals surface area contributed by atoms with Crippen LogP contribution in [0.5, 0.6) is 11.5 Å². The Morgan fingerprint density at radius 1 is 1.05 bits per heavy atom. The molecular weight excluding hydrogens is 238 g/mol. The Kier molecular flexibility index (Phi) is 3.95. The molecule has 3 heteroatoms. The van der Waals surface area contributed by atoms with Gasteiger partial charge in [0, 0.05) is 11.3 Å². The number of anilines is 1. The average Bonchev–Trinajstić information content (AvgIpc) is 2.41. The van der Waals surface area contributed by atoms with Crippen LogP contribution in [0.1, 0.15) is 30.5 Å². The summed E-state index contributed by atoms with van der Waals surface area (Å²) in [5, 5.41) is 22.8. The Morgan fingerprint density at radius 2 is 1.79 bits per heavy atom. The molecule has 0 bridgehead atoms. The Hall–Kier alpha value is -2.16. The number of aromatic hydroxyl groups is 2. The van der Waals surface area contributed by atoms with Crippen LogP contribution in [0.15, 0.2) is 42.5 Å². The van der Waals surface area contributed by atoms with E-state index in [1.54, 1.807) is 12.1 Å². The fourth-order valence-electron chi connectivity index (χ4n) is 2.13. The fourth-order valence-corrected chi connectivity index (χ4v) is 2.13. The third kappa shape index (κ3) is 2.99. The van der Waals surface area contributed by atoms with Crippen molar-refractivity contribution in [2.24, 2.45) is 0 Å². The van der Waals surface area contributed by atoms with Crippen molar-refractivity contribution in [2.45, 2.75) is 26.3 Å². The van der Waals surface area contributed by atoms with Crippen molar-refractivity contribution in [3.63, 3.8) is 0 Å². The summed E-state index contributed by atoms with van der Waals surface area (Å²) in [7, 11) is 0. The molecule has 0 spiro atoms. The normalized spacial score (nSPS) is 12.1. The fraction of sp³-hybridized carbons (Fsp3) is 0.250. The molecule has 100 valence electrons. The van der Waals surface area contributed by atoms with Crippen molar-refractivity contribution in [3.8, 4) is 11.5 Å². The Labute approximate surface area is 113 Å².